The van der Waals surface area contributed by atoms with E-state index in [1.807, 2.05) is 30.3 Å². The Kier molecular flexibility index (Phi) is 5.77. The lowest BCUT2D eigenvalue weighted by Gasteiger charge is -2.31. The van der Waals surface area contributed by atoms with Crippen molar-refractivity contribution in [3.05, 3.63) is 64.7 Å². The highest BCUT2D eigenvalue weighted by molar-refractivity contribution is 6.31. The molecule has 1 aliphatic carbocycles. The Morgan fingerprint density at radius 2 is 1.71 bits per heavy atom. The molecule has 1 fully saturated rings. The van der Waals surface area contributed by atoms with Crippen molar-refractivity contribution in [1.82, 2.24) is 5.32 Å². The van der Waals surface area contributed by atoms with Gasteiger partial charge >= 0.3 is 0 Å². The zero-order chi connectivity index (χ0) is 16.9. The first-order valence-corrected chi connectivity index (χ1v) is 8.87. The van der Waals surface area contributed by atoms with Gasteiger partial charge in [-0.05, 0) is 55.0 Å². The molecular weight excluding hydrogens is 322 g/mol. The van der Waals surface area contributed by atoms with E-state index in [1.54, 1.807) is 7.11 Å². The summed E-state index contributed by atoms with van der Waals surface area (Å²) >= 11 is 6.46. The van der Waals surface area contributed by atoms with Gasteiger partial charge in [0, 0.05) is 11.1 Å². The third kappa shape index (κ3) is 4.10. The number of aliphatic hydroxyl groups is 1. The molecule has 0 aromatic heterocycles. The molecule has 0 radical (unpaired) electrons. The Labute approximate surface area is 148 Å². The van der Waals surface area contributed by atoms with Crippen molar-refractivity contribution in [2.24, 2.45) is 0 Å². The van der Waals surface area contributed by atoms with Crippen LogP contribution in [0.2, 0.25) is 5.02 Å². The standard InChI is InChI=1S/C20H24ClNO2/c1-24-17-12-6-14(7-13-17)20(18-4-2-3-5-19(18)21)22-15-8-10-16(23)11-9-15/h2-7,12-13,15-16,20,22-23H,8-11H2,1H3. The van der Waals surface area contributed by atoms with Gasteiger partial charge in [-0.25, -0.2) is 0 Å². The second kappa shape index (κ2) is 8.02. The van der Waals surface area contributed by atoms with Crippen LogP contribution < -0.4 is 10.1 Å². The summed E-state index contributed by atoms with van der Waals surface area (Å²) in [5, 5.41) is 14.3. The van der Waals surface area contributed by atoms with Gasteiger partial charge in [-0.15, -0.1) is 0 Å². The van der Waals surface area contributed by atoms with E-state index in [-0.39, 0.29) is 12.1 Å². The van der Waals surface area contributed by atoms with Gasteiger partial charge < -0.3 is 15.2 Å². The number of hydrogen-bond donors (Lipinski definition) is 2. The number of methoxy groups -OCH3 is 1. The van der Waals surface area contributed by atoms with Gasteiger partial charge in [-0.3, -0.25) is 0 Å². The minimum absolute atomic E-state index is 0.0323. The molecule has 2 aromatic rings. The maximum atomic E-state index is 9.73. The molecule has 0 spiro atoms. The first kappa shape index (κ1) is 17.3. The zero-order valence-corrected chi connectivity index (χ0v) is 14.7. The lowest BCUT2D eigenvalue weighted by molar-refractivity contribution is 0.115. The molecule has 1 aliphatic rings. The molecule has 2 aromatic carbocycles. The summed E-state index contributed by atoms with van der Waals surface area (Å²) in [5.41, 5.74) is 2.24. The summed E-state index contributed by atoms with van der Waals surface area (Å²) in [6.45, 7) is 0. The van der Waals surface area contributed by atoms with Crippen molar-refractivity contribution in [1.29, 1.82) is 0 Å². The molecule has 1 unspecified atom stereocenters. The Bertz CT molecular complexity index is 651. The van der Waals surface area contributed by atoms with Crippen molar-refractivity contribution in [3.63, 3.8) is 0 Å². The number of aliphatic hydroxyl groups excluding tert-OH is 1. The Morgan fingerprint density at radius 1 is 1.04 bits per heavy atom. The van der Waals surface area contributed by atoms with Crippen LogP contribution in [0, 0.1) is 0 Å². The predicted molar refractivity (Wildman–Crippen MR) is 97.7 cm³/mol. The molecule has 1 atom stereocenters. The number of ether oxygens (including phenoxy) is 1. The Hall–Kier alpha value is -1.55. The number of nitrogens with one attached hydrogen (secondary N) is 1. The van der Waals surface area contributed by atoms with Crippen LogP contribution in [0.4, 0.5) is 0 Å². The van der Waals surface area contributed by atoms with Crippen molar-refractivity contribution in [2.45, 2.75) is 43.9 Å². The lowest BCUT2D eigenvalue weighted by Crippen LogP contribution is -2.37. The van der Waals surface area contributed by atoms with E-state index in [0.29, 0.717) is 6.04 Å². The van der Waals surface area contributed by atoms with E-state index >= 15 is 0 Å². The molecule has 128 valence electrons. The SMILES string of the molecule is COc1ccc(C(NC2CCC(O)CC2)c2ccccc2Cl)cc1. The van der Waals surface area contributed by atoms with Crippen LogP contribution >= 0.6 is 11.6 Å². The largest absolute Gasteiger partial charge is 0.497 e. The molecule has 0 aliphatic heterocycles. The second-order valence-electron chi connectivity index (χ2n) is 6.40. The van der Waals surface area contributed by atoms with Gasteiger partial charge in [-0.2, -0.15) is 0 Å². The van der Waals surface area contributed by atoms with Crippen LogP contribution in [0.3, 0.4) is 0 Å². The monoisotopic (exact) mass is 345 g/mol. The quantitative estimate of drug-likeness (QED) is 0.847. The van der Waals surface area contributed by atoms with Crippen LogP contribution in [0.25, 0.3) is 0 Å². The fraction of sp³-hybridized carbons (Fsp3) is 0.400. The summed E-state index contributed by atoms with van der Waals surface area (Å²) in [6.07, 6.45) is 3.53. The maximum absolute atomic E-state index is 9.73. The van der Waals surface area contributed by atoms with Gasteiger partial charge in [0.25, 0.3) is 0 Å². The molecule has 4 heteroatoms. The Morgan fingerprint density at radius 3 is 2.33 bits per heavy atom. The van der Waals surface area contributed by atoms with E-state index in [9.17, 15) is 5.11 Å². The van der Waals surface area contributed by atoms with Gasteiger partial charge in [0.05, 0.1) is 19.3 Å². The first-order valence-electron chi connectivity index (χ1n) is 8.50. The third-order valence-electron chi connectivity index (χ3n) is 4.76. The second-order valence-corrected chi connectivity index (χ2v) is 6.81. The van der Waals surface area contributed by atoms with E-state index in [4.69, 9.17) is 16.3 Å². The van der Waals surface area contributed by atoms with E-state index in [1.165, 1.54) is 0 Å². The van der Waals surface area contributed by atoms with E-state index in [0.717, 1.165) is 47.6 Å². The third-order valence-corrected chi connectivity index (χ3v) is 5.11. The van der Waals surface area contributed by atoms with Crippen LogP contribution in [0.1, 0.15) is 42.9 Å². The molecule has 0 heterocycles. The summed E-state index contributed by atoms with van der Waals surface area (Å²) in [6, 6.07) is 16.5. The fourth-order valence-electron chi connectivity index (χ4n) is 3.35. The van der Waals surface area contributed by atoms with E-state index < -0.39 is 0 Å². The molecule has 1 saturated carbocycles. The highest BCUT2D eigenvalue weighted by Crippen LogP contribution is 2.31. The highest BCUT2D eigenvalue weighted by Gasteiger charge is 2.24. The topological polar surface area (TPSA) is 41.5 Å². The number of halogens is 1. The van der Waals surface area contributed by atoms with Crippen LogP contribution in [0.15, 0.2) is 48.5 Å². The zero-order valence-electron chi connectivity index (χ0n) is 13.9. The summed E-state index contributed by atoms with van der Waals surface area (Å²) < 4.78 is 5.27. The average Bonchev–Trinajstić information content (AvgIpc) is 2.62. The Balaban J connectivity index is 1.87. The molecular formula is C20H24ClNO2. The molecule has 0 bridgehead atoms. The smallest absolute Gasteiger partial charge is 0.118 e. The molecule has 2 N–H and O–H groups in total. The highest BCUT2D eigenvalue weighted by atomic mass is 35.5. The average molecular weight is 346 g/mol. The van der Waals surface area contributed by atoms with Crippen LogP contribution in [0.5, 0.6) is 5.75 Å². The predicted octanol–water partition coefficient (Wildman–Crippen LogP) is 4.33. The summed E-state index contributed by atoms with van der Waals surface area (Å²) in [7, 11) is 1.67. The number of rotatable bonds is 5. The van der Waals surface area contributed by atoms with Gasteiger partial charge in [0.1, 0.15) is 5.75 Å². The van der Waals surface area contributed by atoms with Gasteiger partial charge in [0.2, 0.25) is 0 Å². The molecule has 0 saturated heterocycles. The van der Waals surface area contributed by atoms with Crippen molar-refractivity contribution < 1.29 is 9.84 Å². The minimum atomic E-state index is -0.150. The molecule has 24 heavy (non-hydrogen) atoms. The molecule has 0 amide bonds. The van der Waals surface area contributed by atoms with Crippen LogP contribution in [-0.2, 0) is 0 Å². The van der Waals surface area contributed by atoms with Crippen molar-refractivity contribution >= 4 is 11.6 Å². The number of benzene rings is 2. The summed E-state index contributed by atoms with van der Waals surface area (Å²) in [5.74, 6) is 0.845. The van der Waals surface area contributed by atoms with E-state index in [2.05, 4.69) is 23.5 Å². The van der Waals surface area contributed by atoms with Gasteiger partial charge in [-0.1, -0.05) is 41.9 Å². The summed E-state index contributed by atoms with van der Waals surface area (Å²) in [4.78, 5) is 0. The molecule has 3 nitrogen and oxygen atoms in total. The van der Waals surface area contributed by atoms with Crippen molar-refractivity contribution in [2.75, 3.05) is 7.11 Å². The van der Waals surface area contributed by atoms with Crippen LogP contribution in [-0.4, -0.2) is 24.4 Å². The first-order chi connectivity index (χ1) is 11.7. The van der Waals surface area contributed by atoms with Crippen molar-refractivity contribution in [3.8, 4) is 5.75 Å². The fourth-order valence-corrected chi connectivity index (χ4v) is 3.59. The minimum Gasteiger partial charge on any atom is -0.497 e. The normalized spacial score (nSPS) is 22.1. The number of hydrogen-bond acceptors (Lipinski definition) is 3. The maximum Gasteiger partial charge on any atom is 0.118 e. The molecule has 3 rings (SSSR count). The lowest BCUT2D eigenvalue weighted by atomic mass is 9.90. The van der Waals surface area contributed by atoms with Gasteiger partial charge in [0.15, 0.2) is 0 Å².